The molecule has 1 aliphatic carbocycles. The number of piperidine rings is 1. The Balaban J connectivity index is 1.40. The zero-order valence-electron chi connectivity index (χ0n) is 16.0. The number of aryl methyl sites for hydroxylation is 1. The van der Waals surface area contributed by atoms with E-state index in [2.05, 4.69) is 51.6 Å². The van der Waals surface area contributed by atoms with Gasteiger partial charge in [-0.2, -0.15) is 0 Å². The Morgan fingerprint density at radius 1 is 1.00 bits per heavy atom. The van der Waals surface area contributed by atoms with Crippen LogP contribution in [0.15, 0.2) is 36.4 Å². The maximum absolute atomic E-state index is 12.6. The molecule has 5 nitrogen and oxygen atoms in total. The molecule has 0 bridgehead atoms. The lowest BCUT2D eigenvalue weighted by molar-refractivity contribution is -0.125. The van der Waals surface area contributed by atoms with E-state index in [4.69, 9.17) is 0 Å². The van der Waals surface area contributed by atoms with Crippen LogP contribution >= 0.6 is 0 Å². The van der Waals surface area contributed by atoms with Crippen LogP contribution in [0.3, 0.4) is 0 Å². The van der Waals surface area contributed by atoms with Crippen molar-refractivity contribution < 1.29 is 4.79 Å². The molecular weight excluding hydrogens is 336 g/mol. The van der Waals surface area contributed by atoms with Crippen LogP contribution in [0.25, 0.3) is 11.3 Å². The molecule has 1 aromatic carbocycles. The highest BCUT2D eigenvalue weighted by molar-refractivity contribution is 5.80. The molecule has 142 valence electrons. The molecule has 27 heavy (non-hydrogen) atoms. The fourth-order valence-corrected chi connectivity index (χ4v) is 4.16. The molecule has 0 radical (unpaired) electrons. The lowest BCUT2D eigenvalue weighted by Crippen LogP contribution is -2.45. The van der Waals surface area contributed by atoms with Crippen LogP contribution in [0.4, 0.5) is 5.82 Å². The van der Waals surface area contributed by atoms with Crippen LogP contribution < -0.4 is 10.2 Å². The second-order valence-corrected chi connectivity index (χ2v) is 7.92. The first-order chi connectivity index (χ1) is 13.2. The topological polar surface area (TPSA) is 58.1 Å². The van der Waals surface area contributed by atoms with E-state index in [1.165, 1.54) is 18.4 Å². The van der Waals surface area contributed by atoms with Gasteiger partial charge in [0.1, 0.15) is 0 Å². The Hall–Kier alpha value is -2.43. The quantitative estimate of drug-likeness (QED) is 0.898. The molecule has 1 saturated heterocycles. The summed E-state index contributed by atoms with van der Waals surface area (Å²) in [7, 11) is 0. The standard InChI is InChI=1S/C22H28N4O/c1-16-8-10-17(11-9-16)20-12-13-21(25-24-20)26-14-4-5-18(15-26)22(27)23-19-6-2-3-7-19/h8-13,18-19H,2-7,14-15H2,1H3,(H,23,27)/t18-/m1/s1. The van der Waals surface area contributed by atoms with Gasteiger partial charge in [-0.15, -0.1) is 10.2 Å². The molecule has 1 aromatic heterocycles. The van der Waals surface area contributed by atoms with Gasteiger partial charge in [-0.1, -0.05) is 42.7 Å². The van der Waals surface area contributed by atoms with E-state index in [0.29, 0.717) is 6.04 Å². The summed E-state index contributed by atoms with van der Waals surface area (Å²) in [4.78, 5) is 14.8. The lowest BCUT2D eigenvalue weighted by Gasteiger charge is -2.33. The molecule has 4 rings (SSSR count). The van der Waals surface area contributed by atoms with Crippen molar-refractivity contribution in [3.8, 4) is 11.3 Å². The first kappa shape index (κ1) is 18.0. The minimum atomic E-state index is 0.0536. The van der Waals surface area contributed by atoms with E-state index in [9.17, 15) is 4.79 Å². The molecule has 2 fully saturated rings. The second kappa shape index (κ2) is 8.07. The fourth-order valence-electron chi connectivity index (χ4n) is 4.16. The molecule has 2 heterocycles. The molecule has 1 amide bonds. The first-order valence-corrected chi connectivity index (χ1v) is 10.1. The third-order valence-electron chi connectivity index (χ3n) is 5.82. The van der Waals surface area contributed by atoms with Crippen molar-refractivity contribution in [3.05, 3.63) is 42.0 Å². The van der Waals surface area contributed by atoms with E-state index < -0.39 is 0 Å². The summed E-state index contributed by atoms with van der Waals surface area (Å²) in [6.45, 7) is 3.75. The average molecular weight is 364 g/mol. The molecule has 1 atom stereocenters. The van der Waals surface area contributed by atoms with Gasteiger partial charge < -0.3 is 10.2 Å². The fraction of sp³-hybridized carbons (Fsp3) is 0.500. The highest BCUT2D eigenvalue weighted by atomic mass is 16.2. The van der Waals surface area contributed by atoms with Gasteiger partial charge in [0.05, 0.1) is 11.6 Å². The number of carbonyl (C=O) groups is 1. The van der Waals surface area contributed by atoms with Gasteiger partial charge >= 0.3 is 0 Å². The molecule has 1 saturated carbocycles. The van der Waals surface area contributed by atoms with Gasteiger partial charge in [0.25, 0.3) is 0 Å². The van der Waals surface area contributed by atoms with Crippen molar-refractivity contribution in [2.24, 2.45) is 5.92 Å². The summed E-state index contributed by atoms with van der Waals surface area (Å²) < 4.78 is 0. The van der Waals surface area contributed by atoms with Gasteiger partial charge in [0, 0.05) is 24.7 Å². The van der Waals surface area contributed by atoms with E-state index in [1.54, 1.807) is 0 Å². The molecule has 0 unspecified atom stereocenters. The van der Waals surface area contributed by atoms with Gasteiger partial charge in [-0.3, -0.25) is 4.79 Å². The predicted octanol–water partition coefficient (Wildman–Crippen LogP) is 3.73. The van der Waals surface area contributed by atoms with Gasteiger partial charge in [-0.25, -0.2) is 0 Å². The molecular formula is C22H28N4O. The van der Waals surface area contributed by atoms with Crippen LogP contribution in [-0.4, -0.2) is 35.2 Å². The predicted molar refractivity (Wildman–Crippen MR) is 108 cm³/mol. The molecule has 2 aliphatic rings. The number of nitrogens with one attached hydrogen (secondary N) is 1. The molecule has 1 aliphatic heterocycles. The number of hydrogen-bond donors (Lipinski definition) is 1. The SMILES string of the molecule is Cc1ccc(-c2ccc(N3CCC[C@@H](C(=O)NC4CCCC4)C3)nn2)cc1. The van der Waals surface area contributed by atoms with Gasteiger partial charge in [-0.05, 0) is 44.7 Å². The number of benzene rings is 1. The van der Waals surface area contributed by atoms with Crippen molar-refractivity contribution in [3.63, 3.8) is 0 Å². The zero-order valence-corrected chi connectivity index (χ0v) is 16.0. The van der Waals surface area contributed by atoms with Crippen LogP contribution in [-0.2, 0) is 4.79 Å². The normalized spacial score (nSPS) is 20.6. The summed E-state index contributed by atoms with van der Waals surface area (Å²) in [6, 6.07) is 12.8. The highest BCUT2D eigenvalue weighted by Gasteiger charge is 2.28. The summed E-state index contributed by atoms with van der Waals surface area (Å²) in [5, 5.41) is 12.1. The zero-order chi connectivity index (χ0) is 18.6. The Kier molecular flexibility index (Phi) is 5.37. The third-order valence-corrected chi connectivity index (χ3v) is 5.82. The number of amides is 1. The maximum Gasteiger partial charge on any atom is 0.225 e. The number of carbonyl (C=O) groups excluding carboxylic acids is 1. The van der Waals surface area contributed by atoms with Crippen molar-refractivity contribution >= 4 is 11.7 Å². The van der Waals surface area contributed by atoms with E-state index in [1.807, 2.05) is 12.1 Å². The first-order valence-electron chi connectivity index (χ1n) is 10.1. The van der Waals surface area contributed by atoms with Crippen molar-refractivity contribution in [2.45, 2.75) is 51.5 Å². The Labute approximate surface area is 161 Å². The Morgan fingerprint density at radius 3 is 2.48 bits per heavy atom. The largest absolute Gasteiger partial charge is 0.354 e. The smallest absolute Gasteiger partial charge is 0.225 e. The average Bonchev–Trinajstić information content (AvgIpc) is 3.22. The second-order valence-electron chi connectivity index (χ2n) is 7.92. The van der Waals surface area contributed by atoms with E-state index >= 15 is 0 Å². The van der Waals surface area contributed by atoms with Crippen molar-refractivity contribution in [2.75, 3.05) is 18.0 Å². The van der Waals surface area contributed by atoms with Gasteiger partial charge in [0.2, 0.25) is 5.91 Å². The van der Waals surface area contributed by atoms with E-state index in [-0.39, 0.29) is 11.8 Å². The Morgan fingerprint density at radius 2 is 1.78 bits per heavy atom. The minimum Gasteiger partial charge on any atom is -0.354 e. The Bertz CT molecular complexity index is 766. The maximum atomic E-state index is 12.6. The number of rotatable bonds is 4. The summed E-state index contributed by atoms with van der Waals surface area (Å²) in [5.74, 6) is 1.14. The number of aromatic nitrogens is 2. The molecule has 0 spiro atoms. The molecule has 2 aromatic rings. The molecule has 1 N–H and O–H groups in total. The highest BCUT2D eigenvalue weighted by Crippen LogP contribution is 2.25. The summed E-state index contributed by atoms with van der Waals surface area (Å²) >= 11 is 0. The van der Waals surface area contributed by atoms with Crippen LogP contribution in [0.1, 0.15) is 44.1 Å². The number of anilines is 1. The van der Waals surface area contributed by atoms with Crippen LogP contribution in [0.5, 0.6) is 0 Å². The number of nitrogens with zero attached hydrogens (tertiary/aromatic N) is 3. The molecule has 5 heteroatoms. The lowest BCUT2D eigenvalue weighted by atomic mass is 9.96. The number of hydrogen-bond acceptors (Lipinski definition) is 4. The van der Waals surface area contributed by atoms with Crippen molar-refractivity contribution in [1.29, 1.82) is 0 Å². The van der Waals surface area contributed by atoms with Crippen molar-refractivity contribution in [1.82, 2.24) is 15.5 Å². The van der Waals surface area contributed by atoms with E-state index in [0.717, 1.165) is 55.8 Å². The summed E-state index contributed by atoms with van der Waals surface area (Å²) in [5.41, 5.74) is 3.19. The monoisotopic (exact) mass is 364 g/mol. The summed E-state index contributed by atoms with van der Waals surface area (Å²) in [6.07, 6.45) is 6.73. The van der Waals surface area contributed by atoms with Crippen LogP contribution in [0.2, 0.25) is 0 Å². The minimum absolute atomic E-state index is 0.0536. The van der Waals surface area contributed by atoms with Crippen LogP contribution in [0, 0.1) is 12.8 Å². The third kappa shape index (κ3) is 4.29. The van der Waals surface area contributed by atoms with Gasteiger partial charge in [0.15, 0.2) is 5.82 Å².